The molecular formula is C18H12Cl3N3O5S. The van der Waals surface area contributed by atoms with Crippen LogP contribution in [0.4, 0.5) is 5.69 Å². The predicted molar refractivity (Wildman–Crippen MR) is 112 cm³/mol. The number of esters is 1. The van der Waals surface area contributed by atoms with Crippen LogP contribution in [-0.4, -0.2) is 31.5 Å². The number of methoxy groups -OCH3 is 1. The summed E-state index contributed by atoms with van der Waals surface area (Å²) in [6, 6.07) is 6.53. The molecule has 0 aliphatic rings. The van der Waals surface area contributed by atoms with Crippen LogP contribution in [0.2, 0.25) is 15.1 Å². The summed E-state index contributed by atoms with van der Waals surface area (Å²) in [6.45, 7) is 0. The molecule has 0 fully saturated rings. The van der Waals surface area contributed by atoms with Crippen molar-refractivity contribution in [1.29, 1.82) is 0 Å². The molecule has 0 saturated carbocycles. The third-order valence-corrected chi connectivity index (χ3v) is 5.92. The van der Waals surface area contributed by atoms with Gasteiger partial charge in [0.05, 0.1) is 38.8 Å². The lowest BCUT2D eigenvalue weighted by Gasteiger charge is -2.13. The number of sulfonamides is 1. The Morgan fingerprint density at radius 1 is 1.03 bits per heavy atom. The number of anilines is 1. The number of carbonyl (C=O) groups is 1. The summed E-state index contributed by atoms with van der Waals surface area (Å²) in [7, 11) is -2.84. The maximum atomic E-state index is 12.8. The van der Waals surface area contributed by atoms with Crippen molar-refractivity contribution in [3.8, 4) is 11.6 Å². The van der Waals surface area contributed by atoms with Crippen LogP contribution in [0.15, 0.2) is 53.8 Å². The van der Waals surface area contributed by atoms with E-state index in [1.165, 1.54) is 56.0 Å². The number of hydrogen-bond acceptors (Lipinski definition) is 7. The number of carbonyl (C=O) groups excluding carboxylic acids is 1. The first-order chi connectivity index (χ1) is 14.2. The predicted octanol–water partition coefficient (Wildman–Crippen LogP) is 4.82. The number of benzene rings is 1. The van der Waals surface area contributed by atoms with Crippen LogP contribution in [0.3, 0.4) is 0 Å². The lowest BCUT2D eigenvalue weighted by atomic mass is 10.3. The van der Waals surface area contributed by atoms with Crippen LogP contribution >= 0.6 is 34.8 Å². The number of pyridine rings is 2. The number of hydrogen-bond donors (Lipinski definition) is 1. The highest BCUT2D eigenvalue weighted by molar-refractivity contribution is 7.92. The molecule has 0 saturated heterocycles. The smallest absolute Gasteiger partial charge is 0.339 e. The third-order valence-electron chi connectivity index (χ3n) is 3.61. The molecule has 30 heavy (non-hydrogen) atoms. The van der Waals surface area contributed by atoms with Crippen molar-refractivity contribution in [2.75, 3.05) is 11.8 Å². The fourth-order valence-corrected chi connectivity index (χ4v) is 3.84. The zero-order valence-corrected chi connectivity index (χ0v) is 18.2. The second-order valence-corrected chi connectivity index (χ2v) is 8.62. The molecule has 0 radical (unpaired) electrons. The van der Waals surface area contributed by atoms with Crippen molar-refractivity contribution < 1.29 is 22.7 Å². The molecule has 0 atom stereocenters. The van der Waals surface area contributed by atoms with E-state index >= 15 is 0 Å². The van der Waals surface area contributed by atoms with E-state index in [-0.39, 0.29) is 42.8 Å². The SMILES string of the molecule is COC(=O)c1cncc(Oc2ncc(Cl)cc2NS(=O)(=O)c2ccc(Cl)c(Cl)c2)c1. The van der Waals surface area contributed by atoms with Gasteiger partial charge in [-0.25, -0.2) is 18.2 Å². The molecule has 1 aromatic carbocycles. The Hall–Kier alpha value is -2.59. The molecule has 0 unspecified atom stereocenters. The summed E-state index contributed by atoms with van der Waals surface area (Å²) < 4.78 is 38.1. The number of rotatable bonds is 6. The molecule has 8 nitrogen and oxygen atoms in total. The van der Waals surface area contributed by atoms with Gasteiger partial charge in [0.15, 0.2) is 0 Å². The molecule has 0 spiro atoms. The monoisotopic (exact) mass is 487 g/mol. The van der Waals surface area contributed by atoms with Crippen LogP contribution < -0.4 is 9.46 Å². The maximum Gasteiger partial charge on any atom is 0.339 e. The highest BCUT2D eigenvalue weighted by atomic mass is 35.5. The number of aromatic nitrogens is 2. The second kappa shape index (κ2) is 9.05. The van der Waals surface area contributed by atoms with Gasteiger partial charge < -0.3 is 9.47 Å². The van der Waals surface area contributed by atoms with Gasteiger partial charge in [-0.2, -0.15) is 0 Å². The molecule has 1 N–H and O–H groups in total. The van der Waals surface area contributed by atoms with Crippen molar-refractivity contribution in [2.45, 2.75) is 4.90 Å². The minimum absolute atomic E-state index is 0.0444. The van der Waals surface area contributed by atoms with Crippen LogP contribution in [0.25, 0.3) is 0 Å². The summed E-state index contributed by atoms with van der Waals surface area (Å²) >= 11 is 17.7. The minimum Gasteiger partial charge on any atom is -0.465 e. The molecule has 156 valence electrons. The van der Waals surface area contributed by atoms with Gasteiger partial charge in [-0.1, -0.05) is 34.8 Å². The largest absolute Gasteiger partial charge is 0.465 e. The maximum absolute atomic E-state index is 12.8. The number of nitrogens with zero attached hydrogens (tertiary/aromatic N) is 2. The zero-order valence-electron chi connectivity index (χ0n) is 15.1. The van der Waals surface area contributed by atoms with Gasteiger partial charge in [0, 0.05) is 12.4 Å². The molecule has 3 aromatic rings. The van der Waals surface area contributed by atoms with Crippen LogP contribution in [0, 0.1) is 0 Å². The Bertz CT molecular complexity index is 1220. The summed E-state index contributed by atoms with van der Waals surface area (Å²) in [5, 5.41) is 0.448. The molecule has 2 aromatic heterocycles. The van der Waals surface area contributed by atoms with E-state index in [0.29, 0.717) is 0 Å². The van der Waals surface area contributed by atoms with Gasteiger partial charge in [-0.15, -0.1) is 0 Å². The van der Waals surface area contributed by atoms with Crippen LogP contribution in [-0.2, 0) is 14.8 Å². The van der Waals surface area contributed by atoms with Gasteiger partial charge in [0.25, 0.3) is 10.0 Å². The Labute approximate surface area is 186 Å². The van der Waals surface area contributed by atoms with E-state index in [2.05, 4.69) is 19.4 Å². The summed E-state index contributed by atoms with van der Waals surface area (Å²) in [6.07, 6.45) is 3.88. The zero-order chi connectivity index (χ0) is 21.9. The Balaban J connectivity index is 1.94. The number of halogens is 3. The summed E-state index contributed by atoms with van der Waals surface area (Å²) in [5.41, 5.74) is 0.0962. The van der Waals surface area contributed by atoms with Crippen molar-refractivity contribution in [2.24, 2.45) is 0 Å². The average molecular weight is 489 g/mol. The standard InChI is InChI=1S/C18H12Cl3N3O5S/c1-28-18(25)10-4-12(9-22-7-10)29-17-16(5-11(19)8-23-17)24-30(26,27)13-2-3-14(20)15(21)6-13/h2-9,24H,1H3. The van der Waals surface area contributed by atoms with Crippen molar-refractivity contribution >= 4 is 56.5 Å². The lowest BCUT2D eigenvalue weighted by Crippen LogP contribution is -2.14. The van der Waals surface area contributed by atoms with Crippen molar-refractivity contribution in [3.63, 3.8) is 0 Å². The second-order valence-electron chi connectivity index (χ2n) is 5.69. The number of nitrogens with one attached hydrogen (secondary N) is 1. The van der Waals surface area contributed by atoms with Gasteiger partial charge in [0.1, 0.15) is 11.4 Å². The molecule has 0 aliphatic heterocycles. The van der Waals surface area contributed by atoms with E-state index in [9.17, 15) is 13.2 Å². The minimum atomic E-state index is -4.07. The third kappa shape index (κ3) is 5.11. The van der Waals surface area contributed by atoms with Gasteiger partial charge in [0.2, 0.25) is 5.88 Å². The normalized spacial score (nSPS) is 11.1. The van der Waals surface area contributed by atoms with E-state index in [0.717, 1.165) is 0 Å². The van der Waals surface area contributed by atoms with E-state index < -0.39 is 16.0 Å². The Kier molecular flexibility index (Phi) is 6.67. The molecular weight excluding hydrogens is 477 g/mol. The topological polar surface area (TPSA) is 107 Å². The highest BCUT2D eigenvalue weighted by Crippen LogP contribution is 2.32. The van der Waals surface area contributed by atoms with Gasteiger partial charge in [-0.3, -0.25) is 9.71 Å². The van der Waals surface area contributed by atoms with Crippen LogP contribution in [0.5, 0.6) is 11.6 Å². The van der Waals surface area contributed by atoms with E-state index in [1.54, 1.807) is 0 Å². The highest BCUT2D eigenvalue weighted by Gasteiger charge is 2.20. The Morgan fingerprint density at radius 2 is 1.80 bits per heavy atom. The van der Waals surface area contributed by atoms with E-state index in [4.69, 9.17) is 39.5 Å². The molecule has 0 aliphatic carbocycles. The molecule has 0 amide bonds. The molecule has 12 heteroatoms. The van der Waals surface area contributed by atoms with Gasteiger partial charge >= 0.3 is 5.97 Å². The number of ether oxygens (including phenoxy) is 2. The first kappa shape index (κ1) is 22.1. The fourth-order valence-electron chi connectivity index (χ4n) is 2.24. The molecule has 3 rings (SSSR count). The Morgan fingerprint density at radius 3 is 2.50 bits per heavy atom. The van der Waals surface area contributed by atoms with Crippen LogP contribution in [0.1, 0.15) is 10.4 Å². The molecule has 0 bridgehead atoms. The van der Waals surface area contributed by atoms with Crippen molar-refractivity contribution in [1.82, 2.24) is 9.97 Å². The lowest BCUT2D eigenvalue weighted by molar-refractivity contribution is 0.0600. The first-order valence-corrected chi connectivity index (χ1v) is 10.7. The van der Waals surface area contributed by atoms with Crippen molar-refractivity contribution in [3.05, 3.63) is 69.6 Å². The molecule has 2 heterocycles. The summed E-state index contributed by atoms with van der Waals surface area (Å²) in [4.78, 5) is 19.4. The average Bonchev–Trinajstić information content (AvgIpc) is 2.71. The summed E-state index contributed by atoms with van der Waals surface area (Å²) in [5.74, 6) is -0.605. The quantitative estimate of drug-likeness (QED) is 0.496. The first-order valence-electron chi connectivity index (χ1n) is 8.04. The fraction of sp³-hybridized carbons (Fsp3) is 0.0556. The van der Waals surface area contributed by atoms with E-state index in [1.807, 2.05) is 0 Å². The van der Waals surface area contributed by atoms with Gasteiger partial charge in [-0.05, 0) is 30.3 Å².